The van der Waals surface area contributed by atoms with Crippen molar-refractivity contribution in [2.24, 2.45) is 0 Å². The van der Waals surface area contributed by atoms with Gasteiger partial charge in [-0.15, -0.1) is 0 Å². The van der Waals surface area contributed by atoms with Gasteiger partial charge in [-0.1, -0.05) is 12.1 Å². The second-order valence-corrected chi connectivity index (χ2v) is 6.58. The zero-order chi connectivity index (χ0) is 19.9. The van der Waals surface area contributed by atoms with Crippen molar-refractivity contribution in [1.29, 1.82) is 5.26 Å². The molecule has 1 amide bonds. The lowest BCUT2D eigenvalue weighted by molar-refractivity contribution is -0.384. The van der Waals surface area contributed by atoms with E-state index >= 15 is 0 Å². The summed E-state index contributed by atoms with van der Waals surface area (Å²) in [6.45, 7) is 0. The average Bonchev–Trinajstić information content (AvgIpc) is 2.70. The van der Waals surface area contributed by atoms with Crippen molar-refractivity contribution in [2.75, 3.05) is 0 Å². The minimum Gasteiger partial charge on any atom is -0.472 e. The molecule has 28 heavy (non-hydrogen) atoms. The van der Waals surface area contributed by atoms with Crippen molar-refractivity contribution < 1.29 is 14.5 Å². The number of non-ortho nitro benzene ring substituents is 1. The van der Waals surface area contributed by atoms with E-state index in [1.165, 1.54) is 24.5 Å². The van der Waals surface area contributed by atoms with Crippen LogP contribution in [0.2, 0.25) is 0 Å². The van der Waals surface area contributed by atoms with Crippen LogP contribution in [0.15, 0.2) is 36.7 Å². The van der Waals surface area contributed by atoms with Gasteiger partial charge < -0.3 is 10.1 Å². The number of nitriles is 1. The highest BCUT2D eigenvalue weighted by atomic mass is 16.6. The molecule has 1 aromatic carbocycles. The fourth-order valence-corrected chi connectivity index (χ4v) is 3.17. The van der Waals surface area contributed by atoms with E-state index in [4.69, 9.17) is 10.00 Å². The zero-order valence-corrected chi connectivity index (χ0v) is 15.1. The highest BCUT2D eigenvalue weighted by Crippen LogP contribution is 2.24. The van der Waals surface area contributed by atoms with E-state index in [0.717, 1.165) is 31.2 Å². The minimum absolute atomic E-state index is 0.00476. The van der Waals surface area contributed by atoms with Gasteiger partial charge in [0.15, 0.2) is 0 Å². The van der Waals surface area contributed by atoms with E-state index in [1.54, 1.807) is 12.1 Å². The third-order valence-electron chi connectivity index (χ3n) is 4.60. The monoisotopic (exact) mass is 381 g/mol. The number of hydrogen-bond acceptors (Lipinski definition) is 7. The molecule has 3 rings (SSSR count). The lowest BCUT2D eigenvalue weighted by Crippen LogP contribution is -2.40. The summed E-state index contributed by atoms with van der Waals surface area (Å²) in [5.41, 5.74) is 0.901. The molecule has 1 fully saturated rings. The third kappa shape index (κ3) is 5.01. The molecule has 0 aliphatic heterocycles. The molecule has 9 heteroatoms. The normalized spacial score (nSPS) is 18.7. The smallest absolute Gasteiger partial charge is 0.269 e. The van der Waals surface area contributed by atoms with Crippen LogP contribution in [0.1, 0.15) is 36.9 Å². The number of nitro groups is 1. The molecule has 1 N–H and O–H groups in total. The molecule has 1 heterocycles. The maximum absolute atomic E-state index is 12.2. The van der Waals surface area contributed by atoms with Crippen molar-refractivity contribution in [2.45, 2.75) is 44.2 Å². The molecule has 2 aromatic rings. The van der Waals surface area contributed by atoms with Gasteiger partial charge in [-0.25, -0.2) is 9.97 Å². The Morgan fingerprint density at radius 3 is 2.54 bits per heavy atom. The molecule has 0 atom stereocenters. The molecule has 0 bridgehead atoms. The van der Waals surface area contributed by atoms with E-state index in [0.29, 0.717) is 0 Å². The second-order valence-electron chi connectivity index (χ2n) is 6.58. The van der Waals surface area contributed by atoms with Gasteiger partial charge in [0.1, 0.15) is 12.2 Å². The molecule has 144 valence electrons. The average molecular weight is 381 g/mol. The molecule has 1 aliphatic carbocycles. The van der Waals surface area contributed by atoms with Crippen LogP contribution in [0, 0.1) is 21.4 Å². The Bertz CT molecular complexity index is 886. The Morgan fingerprint density at radius 1 is 1.21 bits per heavy atom. The van der Waals surface area contributed by atoms with Gasteiger partial charge in [0.25, 0.3) is 11.6 Å². The first-order chi connectivity index (χ1) is 13.5. The van der Waals surface area contributed by atoms with E-state index in [2.05, 4.69) is 15.3 Å². The van der Waals surface area contributed by atoms with Gasteiger partial charge in [-0.05, 0) is 31.2 Å². The number of rotatable bonds is 6. The van der Waals surface area contributed by atoms with Crippen molar-refractivity contribution in [1.82, 2.24) is 15.3 Å². The number of nitrogens with zero attached hydrogens (tertiary/aromatic N) is 4. The highest BCUT2D eigenvalue weighted by molar-refractivity contribution is 5.78. The largest absolute Gasteiger partial charge is 0.472 e. The predicted octanol–water partition coefficient (Wildman–Crippen LogP) is 2.31. The summed E-state index contributed by atoms with van der Waals surface area (Å²) in [5, 5.41) is 22.7. The van der Waals surface area contributed by atoms with Gasteiger partial charge in [-0.3, -0.25) is 14.9 Å². The SMILES string of the molecule is N#Cc1nccnc1OC1CCC(NC(=O)Cc2ccc([N+](=O)[O-])cc2)CC1. The molecule has 0 unspecified atom stereocenters. The van der Waals surface area contributed by atoms with Crippen LogP contribution in [-0.2, 0) is 11.2 Å². The van der Waals surface area contributed by atoms with Crippen LogP contribution < -0.4 is 10.1 Å². The standard InChI is InChI=1S/C19H19N5O4/c20-12-17-19(22-10-9-21-17)28-16-7-3-14(4-8-16)23-18(25)11-13-1-5-15(6-2-13)24(26)27/h1-2,5-6,9-10,14,16H,3-4,7-8,11H2,(H,23,25). The molecule has 1 saturated carbocycles. The van der Waals surface area contributed by atoms with Crippen molar-refractivity contribution in [3.63, 3.8) is 0 Å². The van der Waals surface area contributed by atoms with Crippen LogP contribution in [0.3, 0.4) is 0 Å². The second kappa shape index (κ2) is 8.90. The third-order valence-corrected chi connectivity index (χ3v) is 4.60. The number of aromatic nitrogens is 2. The van der Waals surface area contributed by atoms with E-state index in [-0.39, 0.29) is 41.7 Å². The highest BCUT2D eigenvalue weighted by Gasteiger charge is 2.25. The number of nitro benzene ring substituents is 1. The molecular formula is C19H19N5O4. The van der Waals surface area contributed by atoms with Gasteiger partial charge in [0.2, 0.25) is 11.6 Å². The van der Waals surface area contributed by atoms with Crippen molar-refractivity contribution in [3.8, 4) is 11.9 Å². The van der Waals surface area contributed by atoms with Crippen LogP contribution in [0.4, 0.5) is 5.69 Å². The van der Waals surface area contributed by atoms with E-state index in [9.17, 15) is 14.9 Å². The molecule has 0 radical (unpaired) electrons. The number of nitrogens with one attached hydrogen (secondary N) is 1. The number of carbonyl (C=O) groups is 1. The maximum Gasteiger partial charge on any atom is 0.269 e. The number of hydrogen-bond donors (Lipinski definition) is 1. The van der Waals surface area contributed by atoms with E-state index < -0.39 is 4.92 Å². The number of benzene rings is 1. The lowest BCUT2D eigenvalue weighted by Gasteiger charge is -2.29. The summed E-state index contributed by atoms with van der Waals surface area (Å²) >= 11 is 0. The summed E-state index contributed by atoms with van der Waals surface area (Å²) in [4.78, 5) is 30.4. The van der Waals surface area contributed by atoms with Gasteiger partial charge in [0, 0.05) is 30.6 Å². The fourth-order valence-electron chi connectivity index (χ4n) is 3.17. The Balaban J connectivity index is 1.45. The molecule has 1 aromatic heterocycles. The first kappa shape index (κ1) is 19.2. The van der Waals surface area contributed by atoms with Gasteiger partial charge >= 0.3 is 0 Å². The van der Waals surface area contributed by atoms with Crippen molar-refractivity contribution >= 4 is 11.6 Å². The molecule has 9 nitrogen and oxygen atoms in total. The summed E-state index contributed by atoms with van der Waals surface area (Å²) in [7, 11) is 0. The van der Waals surface area contributed by atoms with Crippen LogP contribution in [0.5, 0.6) is 5.88 Å². The molecule has 1 aliphatic rings. The summed E-state index contributed by atoms with van der Waals surface area (Å²) in [6.07, 6.45) is 6.06. The van der Waals surface area contributed by atoms with Gasteiger partial charge in [-0.2, -0.15) is 5.26 Å². The van der Waals surface area contributed by atoms with Crippen LogP contribution >= 0.6 is 0 Å². The quantitative estimate of drug-likeness (QED) is 0.600. The maximum atomic E-state index is 12.2. The Hall–Kier alpha value is -3.54. The Morgan fingerprint density at radius 2 is 1.89 bits per heavy atom. The number of ether oxygens (including phenoxy) is 1. The summed E-state index contributed by atoms with van der Waals surface area (Å²) in [6, 6.07) is 8.00. The summed E-state index contributed by atoms with van der Waals surface area (Å²) in [5.74, 6) is 0.134. The fraction of sp³-hybridized carbons (Fsp3) is 0.368. The molecular weight excluding hydrogens is 362 g/mol. The Labute approximate surface area is 161 Å². The first-order valence-electron chi connectivity index (χ1n) is 8.95. The van der Waals surface area contributed by atoms with E-state index in [1.807, 2.05) is 6.07 Å². The first-order valence-corrected chi connectivity index (χ1v) is 8.95. The topological polar surface area (TPSA) is 131 Å². The van der Waals surface area contributed by atoms with Crippen molar-refractivity contribution in [3.05, 3.63) is 58.0 Å². The molecule has 0 saturated heterocycles. The molecule has 0 spiro atoms. The summed E-state index contributed by atoms with van der Waals surface area (Å²) < 4.78 is 5.79. The minimum atomic E-state index is -0.467. The Kier molecular flexibility index (Phi) is 6.11. The zero-order valence-electron chi connectivity index (χ0n) is 15.1. The number of carbonyl (C=O) groups excluding carboxylic acids is 1. The van der Waals surface area contributed by atoms with Crippen LogP contribution in [0.25, 0.3) is 0 Å². The number of amides is 1. The van der Waals surface area contributed by atoms with Gasteiger partial charge in [0.05, 0.1) is 11.3 Å². The van der Waals surface area contributed by atoms with Crippen LogP contribution in [-0.4, -0.2) is 32.9 Å². The predicted molar refractivity (Wildman–Crippen MR) is 98.4 cm³/mol. The lowest BCUT2D eigenvalue weighted by atomic mass is 9.92.